The van der Waals surface area contributed by atoms with E-state index in [0.29, 0.717) is 0 Å². The molecule has 0 bridgehead atoms. The number of hydrogen-bond donors (Lipinski definition) is 0. The van der Waals surface area contributed by atoms with Crippen molar-refractivity contribution in [2.75, 3.05) is 0 Å². The van der Waals surface area contributed by atoms with Crippen LogP contribution in [-0.4, -0.2) is 6.10 Å². The fraction of sp³-hybridized carbons (Fsp3) is 0.143. The second-order valence-electron chi connectivity index (χ2n) is 1.54. The Labute approximate surface area is 49.0 Å². The molecule has 1 aliphatic carbocycles. The van der Waals surface area contributed by atoms with Crippen molar-refractivity contribution in [2.45, 2.75) is 6.10 Å². The van der Waals surface area contributed by atoms with Crippen molar-refractivity contribution >= 4 is 0 Å². The lowest BCUT2D eigenvalue weighted by Crippen LogP contribution is -1.96. The van der Waals surface area contributed by atoms with E-state index in [2.05, 4.69) is 6.58 Å². The van der Waals surface area contributed by atoms with E-state index >= 15 is 0 Å². The Kier molecular flexibility index (Phi) is 1.52. The van der Waals surface area contributed by atoms with Gasteiger partial charge in [0.25, 0.3) is 0 Å². The first-order valence-electron chi connectivity index (χ1n) is 2.55. The van der Waals surface area contributed by atoms with Gasteiger partial charge in [-0.2, -0.15) is 0 Å². The second kappa shape index (κ2) is 2.36. The summed E-state index contributed by atoms with van der Waals surface area (Å²) in [6.07, 6.45) is 9.41. The van der Waals surface area contributed by atoms with Crippen LogP contribution in [-0.2, 0) is 4.74 Å². The molecule has 0 N–H and O–H groups in total. The van der Waals surface area contributed by atoms with Crippen LogP contribution in [0.3, 0.4) is 0 Å². The third kappa shape index (κ3) is 0.997. The quantitative estimate of drug-likeness (QED) is 0.488. The average molecular weight is 108 g/mol. The smallest absolute Gasteiger partial charge is 0.135 e. The van der Waals surface area contributed by atoms with Crippen LogP contribution in [0.1, 0.15) is 0 Å². The number of hydrogen-bond acceptors (Lipinski definition) is 1. The van der Waals surface area contributed by atoms with Crippen LogP contribution >= 0.6 is 0 Å². The van der Waals surface area contributed by atoms with Gasteiger partial charge < -0.3 is 4.74 Å². The predicted octanol–water partition coefficient (Wildman–Crippen LogP) is 1.64. The van der Waals surface area contributed by atoms with E-state index in [9.17, 15) is 0 Å². The average Bonchev–Trinajstić information content (AvgIpc) is 2.19. The van der Waals surface area contributed by atoms with Crippen LogP contribution in [0, 0.1) is 0 Å². The number of ether oxygens (including phenoxy) is 1. The molecule has 0 fully saturated rings. The molecule has 1 heteroatoms. The molecule has 1 aliphatic rings. The minimum Gasteiger partial charge on any atom is -0.490 e. The Balaban J connectivity index is 2.37. The molecule has 0 saturated carbocycles. The maximum Gasteiger partial charge on any atom is 0.135 e. The van der Waals surface area contributed by atoms with Crippen LogP contribution in [0.25, 0.3) is 0 Å². The van der Waals surface area contributed by atoms with Gasteiger partial charge in [0.2, 0.25) is 0 Å². The molecule has 1 nitrogen and oxygen atoms in total. The van der Waals surface area contributed by atoms with Gasteiger partial charge in [0, 0.05) is 0 Å². The van der Waals surface area contributed by atoms with E-state index in [4.69, 9.17) is 4.74 Å². The van der Waals surface area contributed by atoms with E-state index in [0.717, 1.165) is 0 Å². The fourth-order valence-corrected chi connectivity index (χ4v) is 0.613. The molecule has 0 aromatic heterocycles. The first-order chi connectivity index (χ1) is 3.93. The summed E-state index contributed by atoms with van der Waals surface area (Å²) < 4.78 is 4.99. The lowest BCUT2D eigenvalue weighted by Gasteiger charge is -2.01. The van der Waals surface area contributed by atoms with Crippen molar-refractivity contribution in [3.63, 3.8) is 0 Å². The van der Waals surface area contributed by atoms with Crippen molar-refractivity contribution in [1.82, 2.24) is 0 Å². The largest absolute Gasteiger partial charge is 0.490 e. The first-order valence-corrected chi connectivity index (χ1v) is 2.55. The normalized spacial score (nSPS) is 17.0. The molecule has 0 atom stereocenters. The topological polar surface area (TPSA) is 9.23 Å². The molecule has 0 amide bonds. The molecule has 0 spiro atoms. The monoisotopic (exact) mass is 108 g/mol. The molecule has 1 rings (SSSR count). The first kappa shape index (κ1) is 5.16. The van der Waals surface area contributed by atoms with Crippen molar-refractivity contribution in [1.29, 1.82) is 0 Å². The van der Waals surface area contributed by atoms with Crippen LogP contribution in [0.15, 0.2) is 37.1 Å². The summed E-state index contributed by atoms with van der Waals surface area (Å²) in [7, 11) is 0. The van der Waals surface area contributed by atoms with Crippen molar-refractivity contribution in [2.24, 2.45) is 0 Å². The Hall–Kier alpha value is -0.980. The summed E-state index contributed by atoms with van der Waals surface area (Å²) >= 11 is 0. The number of rotatable bonds is 2. The number of allylic oxidation sites excluding steroid dienone is 2. The van der Waals surface area contributed by atoms with Gasteiger partial charge in [-0.15, -0.1) is 0 Å². The van der Waals surface area contributed by atoms with Gasteiger partial charge in [0.05, 0.1) is 6.26 Å². The second-order valence-corrected chi connectivity index (χ2v) is 1.54. The molecule has 0 unspecified atom stereocenters. The van der Waals surface area contributed by atoms with Gasteiger partial charge in [0.1, 0.15) is 6.10 Å². The molecule has 42 valence electrons. The molecule has 0 aromatic carbocycles. The van der Waals surface area contributed by atoms with Gasteiger partial charge in [-0.25, -0.2) is 0 Å². The maximum atomic E-state index is 4.99. The standard InChI is InChI=1S/C7H8O/c1-2-8-7-5-3-4-6-7/h2-7H,1H2. The highest BCUT2D eigenvalue weighted by Crippen LogP contribution is 2.03. The molecule has 0 saturated heterocycles. The highest BCUT2D eigenvalue weighted by atomic mass is 16.5. The summed E-state index contributed by atoms with van der Waals surface area (Å²) in [6, 6.07) is 0. The molecule has 0 aliphatic heterocycles. The molecular formula is C7H8O. The summed E-state index contributed by atoms with van der Waals surface area (Å²) in [5, 5.41) is 0. The predicted molar refractivity (Wildman–Crippen MR) is 33.3 cm³/mol. The fourth-order valence-electron chi connectivity index (χ4n) is 0.613. The van der Waals surface area contributed by atoms with Crippen molar-refractivity contribution < 1.29 is 4.74 Å². The van der Waals surface area contributed by atoms with Gasteiger partial charge in [0.15, 0.2) is 0 Å². The Morgan fingerprint density at radius 3 is 2.50 bits per heavy atom. The molecule has 0 radical (unpaired) electrons. The van der Waals surface area contributed by atoms with Crippen molar-refractivity contribution in [3.05, 3.63) is 37.1 Å². The SMILES string of the molecule is C=COC1C=CC=C1. The molecule has 0 heterocycles. The zero-order valence-corrected chi connectivity index (χ0v) is 4.58. The van der Waals surface area contributed by atoms with Crippen LogP contribution in [0.4, 0.5) is 0 Å². The summed E-state index contributed by atoms with van der Waals surface area (Å²) in [6.45, 7) is 3.43. The van der Waals surface area contributed by atoms with Crippen LogP contribution in [0.2, 0.25) is 0 Å². The van der Waals surface area contributed by atoms with E-state index < -0.39 is 0 Å². The zero-order chi connectivity index (χ0) is 5.82. The van der Waals surface area contributed by atoms with E-state index in [1.165, 1.54) is 6.26 Å². The Morgan fingerprint density at radius 2 is 2.00 bits per heavy atom. The minimum absolute atomic E-state index is 0.132. The summed E-state index contributed by atoms with van der Waals surface area (Å²) in [5.74, 6) is 0. The Bertz CT molecular complexity index is 121. The van der Waals surface area contributed by atoms with Gasteiger partial charge >= 0.3 is 0 Å². The van der Waals surface area contributed by atoms with Crippen LogP contribution in [0.5, 0.6) is 0 Å². The third-order valence-corrected chi connectivity index (χ3v) is 0.966. The lowest BCUT2D eigenvalue weighted by molar-refractivity contribution is 0.231. The van der Waals surface area contributed by atoms with Crippen molar-refractivity contribution in [3.8, 4) is 0 Å². The molecule has 0 aromatic rings. The van der Waals surface area contributed by atoms with Gasteiger partial charge in [-0.3, -0.25) is 0 Å². The third-order valence-electron chi connectivity index (χ3n) is 0.966. The van der Waals surface area contributed by atoms with Gasteiger partial charge in [-0.05, 0) is 12.2 Å². The lowest BCUT2D eigenvalue weighted by atomic mass is 10.4. The van der Waals surface area contributed by atoms with E-state index in [1.807, 2.05) is 24.3 Å². The van der Waals surface area contributed by atoms with E-state index in [-0.39, 0.29) is 6.10 Å². The minimum atomic E-state index is 0.132. The van der Waals surface area contributed by atoms with Gasteiger partial charge in [-0.1, -0.05) is 18.7 Å². The maximum absolute atomic E-state index is 4.99. The van der Waals surface area contributed by atoms with E-state index in [1.54, 1.807) is 0 Å². The summed E-state index contributed by atoms with van der Waals surface area (Å²) in [5.41, 5.74) is 0. The summed E-state index contributed by atoms with van der Waals surface area (Å²) in [4.78, 5) is 0. The highest BCUT2D eigenvalue weighted by Gasteiger charge is 1.98. The molecular weight excluding hydrogens is 100 g/mol. The van der Waals surface area contributed by atoms with Crippen LogP contribution < -0.4 is 0 Å². The molecule has 8 heavy (non-hydrogen) atoms. The highest BCUT2D eigenvalue weighted by molar-refractivity contribution is 5.19. The Morgan fingerprint density at radius 1 is 1.38 bits per heavy atom. The zero-order valence-electron chi connectivity index (χ0n) is 4.58.